The summed E-state index contributed by atoms with van der Waals surface area (Å²) in [5.74, 6) is 0.553. The molecule has 0 aromatic carbocycles. The first-order chi connectivity index (χ1) is 7.48. The summed E-state index contributed by atoms with van der Waals surface area (Å²) >= 11 is 0. The van der Waals surface area contributed by atoms with Crippen LogP contribution in [0.1, 0.15) is 46.1 Å². The lowest BCUT2D eigenvalue weighted by molar-refractivity contribution is 0.0247. The normalized spacial score (nSPS) is 31.6. The molecule has 4 heteroatoms. The van der Waals surface area contributed by atoms with Gasteiger partial charge in [0.1, 0.15) is 0 Å². The summed E-state index contributed by atoms with van der Waals surface area (Å²) in [5.41, 5.74) is 0.247. The van der Waals surface area contributed by atoms with Gasteiger partial charge in [-0.2, -0.15) is 0 Å². The molecule has 1 heterocycles. The third kappa shape index (κ3) is 2.26. The third-order valence-electron chi connectivity index (χ3n) is 3.68. The van der Waals surface area contributed by atoms with E-state index in [2.05, 4.69) is 31.1 Å². The van der Waals surface area contributed by atoms with Gasteiger partial charge < -0.3 is 5.11 Å². The van der Waals surface area contributed by atoms with Crippen molar-refractivity contribution in [2.24, 2.45) is 11.3 Å². The largest absolute Gasteiger partial charge is 0.393 e. The molecule has 1 aromatic rings. The molecule has 3 atom stereocenters. The quantitative estimate of drug-likeness (QED) is 0.792. The fraction of sp³-hybridized carbons (Fsp3) is 0.833. The number of hydrogen-bond acceptors (Lipinski definition) is 3. The zero-order chi connectivity index (χ0) is 11.8. The Hall–Kier alpha value is -0.900. The Balaban J connectivity index is 2.23. The summed E-state index contributed by atoms with van der Waals surface area (Å²) in [7, 11) is 0. The number of aromatic nitrogens is 3. The minimum atomic E-state index is -0.187. The maximum absolute atomic E-state index is 9.80. The van der Waals surface area contributed by atoms with E-state index in [-0.39, 0.29) is 17.6 Å². The lowest BCUT2D eigenvalue weighted by Gasteiger charge is -2.41. The number of rotatable bonds is 1. The zero-order valence-corrected chi connectivity index (χ0v) is 10.3. The van der Waals surface area contributed by atoms with Gasteiger partial charge in [-0.1, -0.05) is 26.0 Å². The van der Waals surface area contributed by atoms with Gasteiger partial charge in [-0.3, -0.25) is 0 Å². The van der Waals surface area contributed by atoms with Crippen LogP contribution in [0.25, 0.3) is 0 Å². The minimum Gasteiger partial charge on any atom is -0.393 e. The third-order valence-corrected chi connectivity index (χ3v) is 3.68. The van der Waals surface area contributed by atoms with Crippen LogP contribution in [-0.4, -0.2) is 26.2 Å². The van der Waals surface area contributed by atoms with E-state index in [1.807, 2.05) is 10.9 Å². The van der Waals surface area contributed by atoms with Gasteiger partial charge in [0.05, 0.1) is 18.3 Å². The van der Waals surface area contributed by atoms with E-state index in [1.165, 1.54) is 0 Å². The second-order valence-corrected chi connectivity index (χ2v) is 5.89. The number of aliphatic hydroxyl groups excluding tert-OH is 1. The predicted molar refractivity (Wildman–Crippen MR) is 61.9 cm³/mol. The number of hydrogen-bond donors (Lipinski definition) is 1. The van der Waals surface area contributed by atoms with E-state index >= 15 is 0 Å². The number of aliphatic hydroxyl groups is 1. The average molecular weight is 223 g/mol. The fourth-order valence-corrected chi connectivity index (χ4v) is 2.82. The van der Waals surface area contributed by atoms with Crippen molar-refractivity contribution in [2.75, 3.05) is 0 Å². The van der Waals surface area contributed by atoms with Crippen LogP contribution in [0.4, 0.5) is 0 Å². The van der Waals surface area contributed by atoms with E-state index in [0.717, 1.165) is 19.3 Å². The van der Waals surface area contributed by atoms with Crippen LogP contribution in [-0.2, 0) is 0 Å². The van der Waals surface area contributed by atoms with Gasteiger partial charge in [0.25, 0.3) is 0 Å². The van der Waals surface area contributed by atoms with Gasteiger partial charge in [-0.15, -0.1) is 5.10 Å². The van der Waals surface area contributed by atoms with E-state index in [4.69, 9.17) is 0 Å². The second-order valence-electron chi connectivity index (χ2n) is 5.89. The summed E-state index contributed by atoms with van der Waals surface area (Å²) < 4.78 is 1.91. The van der Waals surface area contributed by atoms with Crippen molar-refractivity contribution in [3.63, 3.8) is 0 Å². The highest BCUT2D eigenvalue weighted by atomic mass is 16.3. The van der Waals surface area contributed by atoms with Crippen LogP contribution in [0.5, 0.6) is 0 Å². The molecular formula is C12H21N3O. The summed E-state index contributed by atoms with van der Waals surface area (Å²) in [6, 6.07) is 0.284. The van der Waals surface area contributed by atoms with E-state index in [9.17, 15) is 5.11 Å². The van der Waals surface area contributed by atoms with Gasteiger partial charge in [0, 0.05) is 6.20 Å². The Morgan fingerprint density at radius 1 is 1.31 bits per heavy atom. The first kappa shape index (κ1) is 11.6. The van der Waals surface area contributed by atoms with Crippen LogP contribution >= 0.6 is 0 Å². The molecular weight excluding hydrogens is 202 g/mol. The lowest BCUT2D eigenvalue weighted by atomic mass is 9.69. The zero-order valence-electron chi connectivity index (χ0n) is 10.3. The molecule has 16 heavy (non-hydrogen) atoms. The average Bonchev–Trinajstić information content (AvgIpc) is 2.68. The van der Waals surface area contributed by atoms with Crippen molar-refractivity contribution in [1.82, 2.24) is 15.0 Å². The first-order valence-electron chi connectivity index (χ1n) is 6.02. The van der Waals surface area contributed by atoms with Crippen molar-refractivity contribution < 1.29 is 5.11 Å². The second kappa shape index (κ2) is 4.17. The van der Waals surface area contributed by atoms with Crippen molar-refractivity contribution in [3.05, 3.63) is 12.4 Å². The van der Waals surface area contributed by atoms with Crippen LogP contribution < -0.4 is 0 Å². The Bertz CT molecular complexity index is 329. The maximum Gasteiger partial charge on any atom is 0.0693 e. The Morgan fingerprint density at radius 2 is 2.06 bits per heavy atom. The van der Waals surface area contributed by atoms with Gasteiger partial charge in [0.15, 0.2) is 0 Å². The van der Waals surface area contributed by atoms with Crippen LogP contribution in [0.3, 0.4) is 0 Å². The van der Waals surface area contributed by atoms with E-state index in [0.29, 0.717) is 5.92 Å². The van der Waals surface area contributed by atoms with Gasteiger partial charge in [-0.05, 0) is 30.6 Å². The van der Waals surface area contributed by atoms with Gasteiger partial charge in [0.2, 0.25) is 0 Å². The lowest BCUT2D eigenvalue weighted by Crippen LogP contribution is -2.37. The molecule has 3 unspecified atom stereocenters. The molecule has 90 valence electrons. The molecule has 1 aromatic heterocycles. The van der Waals surface area contributed by atoms with Crippen molar-refractivity contribution >= 4 is 0 Å². The summed E-state index contributed by atoms with van der Waals surface area (Å²) in [5, 5.41) is 17.8. The molecule has 1 fully saturated rings. The smallest absolute Gasteiger partial charge is 0.0693 e. The molecule has 4 nitrogen and oxygen atoms in total. The summed E-state index contributed by atoms with van der Waals surface area (Å²) in [4.78, 5) is 0. The summed E-state index contributed by atoms with van der Waals surface area (Å²) in [6.07, 6.45) is 6.20. The highest BCUT2D eigenvalue weighted by Gasteiger charge is 2.38. The molecule has 0 bridgehead atoms. The standard InChI is InChI=1S/C12H21N3O/c1-12(2,3)10-5-4-9(16)8-11(10)15-7-6-13-14-15/h6-7,9-11,16H,4-5,8H2,1-3H3. The molecule has 1 saturated carbocycles. The Labute approximate surface area is 96.7 Å². The fourth-order valence-electron chi connectivity index (χ4n) is 2.82. The molecule has 0 aliphatic heterocycles. The predicted octanol–water partition coefficient (Wildman–Crippen LogP) is 2.03. The Morgan fingerprint density at radius 3 is 2.62 bits per heavy atom. The molecule has 1 aliphatic rings. The minimum absolute atomic E-state index is 0.187. The van der Waals surface area contributed by atoms with Crippen LogP contribution in [0.15, 0.2) is 12.4 Å². The molecule has 0 saturated heterocycles. The molecule has 2 rings (SSSR count). The van der Waals surface area contributed by atoms with Gasteiger partial charge >= 0.3 is 0 Å². The van der Waals surface area contributed by atoms with E-state index < -0.39 is 0 Å². The molecule has 1 aliphatic carbocycles. The number of nitrogens with zero attached hydrogens (tertiary/aromatic N) is 3. The van der Waals surface area contributed by atoms with Gasteiger partial charge in [-0.25, -0.2) is 4.68 Å². The van der Waals surface area contributed by atoms with Crippen LogP contribution in [0, 0.1) is 11.3 Å². The van der Waals surface area contributed by atoms with Crippen LogP contribution in [0.2, 0.25) is 0 Å². The van der Waals surface area contributed by atoms with Crippen molar-refractivity contribution in [2.45, 2.75) is 52.2 Å². The topological polar surface area (TPSA) is 50.9 Å². The van der Waals surface area contributed by atoms with Crippen molar-refractivity contribution in [3.8, 4) is 0 Å². The van der Waals surface area contributed by atoms with E-state index in [1.54, 1.807) is 6.20 Å². The molecule has 0 spiro atoms. The first-order valence-corrected chi connectivity index (χ1v) is 6.02. The molecule has 1 N–H and O–H groups in total. The monoisotopic (exact) mass is 223 g/mol. The maximum atomic E-state index is 9.80. The summed E-state index contributed by atoms with van der Waals surface area (Å²) in [6.45, 7) is 6.79. The SMILES string of the molecule is CC(C)(C)C1CCC(O)CC1n1ccnn1. The van der Waals surface area contributed by atoms with Crippen molar-refractivity contribution in [1.29, 1.82) is 0 Å². The molecule has 0 amide bonds. The Kier molecular flexibility index (Phi) is 3.02. The highest BCUT2D eigenvalue weighted by Crippen LogP contribution is 2.43. The highest BCUT2D eigenvalue weighted by molar-refractivity contribution is 4.90. The molecule has 0 radical (unpaired) electrons.